The van der Waals surface area contributed by atoms with Crippen molar-refractivity contribution in [3.8, 4) is 5.82 Å². The van der Waals surface area contributed by atoms with Crippen molar-refractivity contribution in [3.05, 3.63) is 72.2 Å². The molecule has 3 aromatic rings. The third-order valence-electron chi connectivity index (χ3n) is 3.85. The Hall–Kier alpha value is -3.22. The number of pyridine rings is 2. The minimum absolute atomic E-state index is 0.187. The highest BCUT2D eigenvalue weighted by Gasteiger charge is 2.04. The monoisotopic (exact) mass is 336 g/mol. The van der Waals surface area contributed by atoms with Crippen molar-refractivity contribution >= 4 is 6.03 Å². The van der Waals surface area contributed by atoms with Crippen LogP contribution in [0.15, 0.2) is 55.5 Å². The van der Waals surface area contributed by atoms with Gasteiger partial charge in [-0.3, -0.25) is 9.55 Å². The molecule has 0 spiro atoms. The fraction of sp³-hybridized carbons (Fsp3) is 0.222. The normalized spacial score (nSPS) is 10.4. The fourth-order valence-electron chi connectivity index (χ4n) is 2.44. The molecule has 7 heteroatoms. The molecule has 2 amide bonds. The molecule has 0 saturated heterocycles. The van der Waals surface area contributed by atoms with Crippen LogP contribution in [0.2, 0.25) is 0 Å². The standard InChI is InChI=1S/C18H20N6O/c1-14-11-19-5-3-16(14)4-7-22-18(25)23-12-15-2-6-21-17(10-15)24-9-8-20-13-24/h2-3,5-6,8-11,13H,4,7,12H2,1H3,(H2,22,23,25). The van der Waals surface area contributed by atoms with Crippen LogP contribution in [-0.4, -0.2) is 32.1 Å². The summed E-state index contributed by atoms with van der Waals surface area (Å²) in [6.45, 7) is 3.03. The van der Waals surface area contributed by atoms with E-state index in [1.54, 1.807) is 24.9 Å². The van der Waals surface area contributed by atoms with Crippen molar-refractivity contribution < 1.29 is 4.79 Å². The Labute approximate surface area is 146 Å². The molecule has 0 saturated carbocycles. The Balaban J connectivity index is 1.46. The number of hydrogen-bond donors (Lipinski definition) is 2. The minimum Gasteiger partial charge on any atom is -0.338 e. The average Bonchev–Trinajstić information content (AvgIpc) is 3.17. The Kier molecular flexibility index (Phi) is 5.36. The number of aromatic nitrogens is 4. The summed E-state index contributed by atoms with van der Waals surface area (Å²) in [7, 11) is 0. The van der Waals surface area contributed by atoms with E-state index in [9.17, 15) is 4.79 Å². The molecule has 0 atom stereocenters. The summed E-state index contributed by atoms with van der Waals surface area (Å²) in [5, 5.41) is 5.73. The molecule has 0 aliphatic carbocycles. The first kappa shape index (κ1) is 16.6. The van der Waals surface area contributed by atoms with Crippen molar-refractivity contribution in [2.45, 2.75) is 19.9 Å². The lowest BCUT2D eigenvalue weighted by Gasteiger charge is -2.09. The summed E-state index contributed by atoms with van der Waals surface area (Å²) >= 11 is 0. The molecule has 0 aliphatic heterocycles. The van der Waals surface area contributed by atoms with E-state index in [0.717, 1.165) is 23.4 Å². The van der Waals surface area contributed by atoms with E-state index >= 15 is 0 Å². The van der Waals surface area contributed by atoms with E-state index in [-0.39, 0.29) is 6.03 Å². The zero-order chi connectivity index (χ0) is 17.5. The molecule has 0 aromatic carbocycles. The second-order valence-electron chi connectivity index (χ2n) is 5.65. The van der Waals surface area contributed by atoms with Crippen molar-refractivity contribution in [2.75, 3.05) is 6.54 Å². The van der Waals surface area contributed by atoms with E-state index in [1.165, 1.54) is 5.56 Å². The van der Waals surface area contributed by atoms with Crippen LogP contribution in [0.3, 0.4) is 0 Å². The molecule has 0 aliphatic rings. The van der Waals surface area contributed by atoms with E-state index in [0.29, 0.717) is 13.1 Å². The molecule has 2 N–H and O–H groups in total. The highest BCUT2D eigenvalue weighted by atomic mass is 16.2. The summed E-state index contributed by atoms with van der Waals surface area (Å²) in [5.74, 6) is 0.769. The first-order valence-corrected chi connectivity index (χ1v) is 8.07. The molecule has 0 unspecified atom stereocenters. The Morgan fingerprint density at radius 3 is 2.88 bits per heavy atom. The SMILES string of the molecule is Cc1cnccc1CCNC(=O)NCc1ccnc(-n2ccnc2)c1. The molecular weight excluding hydrogens is 316 g/mol. The van der Waals surface area contributed by atoms with Gasteiger partial charge < -0.3 is 10.6 Å². The van der Waals surface area contributed by atoms with Gasteiger partial charge in [0.2, 0.25) is 0 Å². The lowest BCUT2D eigenvalue weighted by molar-refractivity contribution is 0.240. The highest BCUT2D eigenvalue weighted by molar-refractivity contribution is 5.73. The molecule has 3 rings (SSSR count). The third-order valence-corrected chi connectivity index (χ3v) is 3.85. The van der Waals surface area contributed by atoms with Gasteiger partial charge >= 0.3 is 6.03 Å². The second kappa shape index (κ2) is 8.05. The Morgan fingerprint density at radius 2 is 2.08 bits per heavy atom. The fourth-order valence-corrected chi connectivity index (χ4v) is 2.44. The van der Waals surface area contributed by atoms with Crippen molar-refractivity contribution in [1.82, 2.24) is 30.2 Å². The zero-order valence-electron chi connectivity index (χ0n) is 14.0. The summed E-state index contributed by atoms with van der Waals surface area (Å²) < 4.78 is 1.82. The first-order chi connectivity index (χ1) is 12.2. The summed E-state index contributed by atoms with van der Waals surface area (Å²) in [4.78, 5) is 24.3. The van der Waals surface area contributed by atoms with E-state index < -0.39 is 0 Å². The lowest BCUT2D eigenvalue weighted by atomic mass is 10.1. The number of hydrogen-bond acceptors (Lipinski definition) is 4. The molecule has 3 heterocycles. The van der Waals surface area contributed by atoms with Crippen LogP contribution < -0.4 is 10.6 Å². The van der Waals surface area contributed by atoms with Gasteiger partial charge in [0.25, 0.3) is 0 Å². The number of rotatable bonds is 6. The van der Waals surface area contributed by atoms with Crippen LogP contribution in [0, 0.1) is 6.92 Å². The van der Waals surface area contributed by atoms with Gasteiger partial charge in [-0.25, -0.2) is 14.8 Å². The van der Waals surface area contributed by atoms with Crippen LogP contribution in [0.4, 0.5) is 4.79 Å². The average molecular weight is 336 g/mol. The van der Waals surface area contributed by atoms with Crippen LogP contribution in [-0.2, 0) is 13.0 Å². The molecule has 0 radical (unpaired) electrons. The molecule has 128 valence electrons. The number of nitrogens with one attached hydrogen (secondary N) is 2. The van der Waals surface area contributed by atoms with Crippen molar-refractivity contribution in [1.29, 1.82) is 0 Å². The second-order valence-corrected chi connectivity index (χ2v) is 5.65. The minimum atomic E-state index is -0.187. The van der Waals surface area contributed by atoms with Gasteiger partial charge in [0.1, 0.15) is 12.1 Å². The van der Waals surface area contributed by atoms with Gasteiger partial charge in [0.15, 0.2) is 0 Å². The molecule has 3 aromatic heterocycles. The number of carbonyl (C=O) groups is 1. The molecule has 25 heavy (non-hydrogen) atoms. The van der Waals surface area contributed by atoms with Crippen molar-refractivity contribution in [3.63, 3.8) is 0 Å². The van der Waals surface area contributed by atoms with E-state index in [4.69, 9.17) is 0 Å². The predicted molar refractivity (Wildman–Crippen MR) is 94.3 cm³/mol. The Morgan fingerprint density at radius 1 is 1.16 bits per heavy atom. The smallest absolute Gasteiger partial charge is 0.315 e. The van der Waals surface area contributed by atoms with Crippen molar-refractivity contribution in [2.24, 2.45) is 0 Å². The van der Waals surface area contributed by atoms with Crippen LogP contribution in [0.25, 0.3) is 5.82 Å². The maximum Gasteiger partial charge on any atom is 0.315 e. The highest BCUT2D eigenvalue weighted by Crippen LogP contribution is 2.07. The van der Waals surface area contributed by atoms with Gasteiger partial charge in [-0.2, -0.15) is 0 Å². The zero-order valence-corrected chi connectivity index (χ0v) is 14.0. The number of imidazole rings is 1. The van der Waals surface area contributed by atoms with E-state index in [1.807, 2.05) is 42.1 Å². The van der Waals surface area contributed by atoms with E-state index in [2.05, 4.69) is 25.6 Å². The number of aryl methyl sites for hydroxylation is 1. The van der Waals surface area contributed by atoms with Gasteiger partial charge in [-0.15, -0.1) is 0 Å². The van der Waals surface area contributed by atoms with Gasteiger partial charge in [-0.05, 0) is 48.2 Å². The summed E-state index contributed by atoms with van der Waals surface area (Å²) in [6, 6.07) is 5.58. The van der Waals surface area contributed by atoms with Gasteiger partial charge in [0.05, 0.1) is 0 Å². The number of carbonyl (C=O) groups excluding carboxylic acids is 1. The summed E-state index contributed by atoms with van der Waals surface area (Å²) in [5.41, 5.74) is 3.29. The lowest BCUT2D eigenvalue weighted by Crippen LogP contribution is -2.36. The van der Waals surface area contributed by atoms with Gasteiger partial charge in [-0.1, -0.05) is 0 Å². The molecule has 7 nitrogen and oxygen atoms in total. The molecule has 0 fully saturated rings. The quantitative estimate of drug-likeness (QED) is 0.721. The maximum atomic E-state index is 11.9. The largest absolute Gasteiger partial charge is 0.338 e. The third kappa shape index (κ3) is 4.63. The first-order valence-electron chi connectivity index (χ1n) is 8.07. The number of urea groups is 1. The maximum absolute atomic E-state index is 11.9. The number of nitrogens with zero attached hydrogens (tertiary/aromatic N) is 4. The topological polar surface area (TPSA) is 84.7 Å². The van der Waals surface area contributed by atoms with Crippen LogP contribution in [0.5, 0.6) is 0 Å². The predicted octanol–water partition coefficient (Wildman–Crippen LogP) is 2.01. The summed E-state index contributed by atoms with van der Waals surface area (Å²) in [6.07, 6.45) is 11.3. The number of amides is 2. The molecule has 0 bridgehead atoms. The molecular formula is C18H20N6O. The van der Waals surface area contributed by atoms with Crippen LogP contribution in [0.1, 0.15) is 16.7 Å². The Bertz CT molecular complexity index is 831. The van der Waals surface area contributed by atoms with Crippen LogP contribution >= 0.6 is 0 Å². The van der Waals surface area contributed by atoms with Gasteiger partial charge in [0, 0.05) is 44.1 Å².